The van der Waals surface area contributed by atoms with E-state index in [1.54, 1.807) is 0 Å². The summed E-state index contributed by atoms with van der Waals surface area (Å²) in [4.78, 5) is 38.7. The first kappa shape index (κ1) is 24.4. The van der Waals surface area contributed by atoms with Crippen molar-refractivity contribution in [2.24, 2.45) is 5.11 Å². The molecule has 0 aliphatic carbocycles. The number of fused-ring (bicyclic) bond motifs is 1. The van der Waals surface area contributed by atoms with E-state index < -0.39 is 47.7 Å². The molecular formula is C22H23N3O7S. The lowest BCUT2D eigenvalue weighted by Crippen LogP contribution is -2.59. The Balaban J connectivity index is 1.98. The Labute approximate surface area is 194 Å². The number of carbonyl (C=O) groups is 3. The van der Waals surface area contributed by atoms with E-state index in [2.05, 4.69) is 10.0 Å². The molecule has 1 heterocycles. The first-order valence-electron chi connectivity index (χ1n) is 10.1. The average Bonchev–Trinajstić information content (AvgIpc) is 2.75. The van der Waals surface area contributed by atoms with Gasteiger partial charge in [-0.2, -0.15) is 0 Å². The van der Waals surface area contributed by atoms with Gasteiger partial charge in [0.25, 0.3) is 0 Å². The summed E-state index contributed by atoms with van der Waals surface area (Å²) in [5.74, 6) is -1.83. The molecule has 0 radical (unpaired) electrons. The van der Waals surface area contributed by atoms with Crippen LogP contribution in [0.4, 0.5) is 0 Å². The van der Waals surface area contributed by atoms with Crippen LogP contribution in [0, 0.1) is 0 Å². The Morgan fingerprint density at radius 2 is 1.67 bits per heavy atom. The zero-order chi connectivity index (χ0) is 24.0. The van der Waals surface area contributed by atoms with Gasteiger partial charge >= 0.3 is 17.9 Å². The van der Waals surface area contributed by atoms with E-state index in [1.165, 1.54) is 32.5 Å². The summed E-state index contributed by atoms with van der Waals surface area (Å²) in [6.07, 6.45) is -3.14. The van der Waals surface area contributed by atoms with Gasteiger partial charge in [0.05, 0.1) is 0 Å². The Morgan fingerprint density at radius 3 is 2.30 bits per heavy atom. The predicted octanol–water partition coefficient (Wildman–Crippen LogP) is 3.76. The lowest BCUT2D eigenvalue weighted by Gasteiger charge is -2.43. The van der Waals surface area contributed by atoms with Crippen LogP contribution in [-0.2, 0) is 33.3 Å². The van der Waals surface area contributed by atoms with E-state index in [-0.39, 0.29) is 6.61 Å². The Hall–Kier alpha value is -3.27. The second-order valence-electron chi connectivity index (χ2n) is 7.32. The highest BCUT2D eigenvalue weighted by Crippen LogP contribution is 2.38. The molecule has 1 aliphatic rings. The molecule has 0 bridgehead atoms. The maximum atomic E-state index is 11.9. The molecule has 1 saturated heterocycles. The second-order valence-corrected chi connectivity index (χ2v) is 8.49. The number of azide groups is 1. The van der Waals surface area contributed by atoms with Crippen molar-refractivity contribution in [1.29, 1.82) is 0 Å². The zero-order valence-electron chi connectivity index (χ0n) is 18.2. The van der Waals surface area contributed by atoms with Crippen molar-refractivity contribution in [2.75, 3.05) is 6.61 Å². The van der Waals surface area contributed by atoms with Gasteiger partial charge < -0.3 is 18.9 Å². The van der Waals surface area contributed by atoms with E-state index in [0.29, 0.717) is 0 Å². The molecule has 1 aliphatic heterocycles. The van der Waals surface area contributed by atoms with Crippen LogP contribution in [-0.4, -0.2) is 54.3 Å². The molecule has 0 amide bonds. The Morgan fingerprint density at radius 1 is 1.00 bits per heavy atom. The van der Waals surface area contributed by atoms with E-state index in [1.807, 2.05) is 42.5 Å². The van der Waals surface area contributed by atoms with Crippen molar-refractivity contribution in [3.63, 3.8) is 0 Å². The quantitative estimate of drug-likeness (QED) is 0.195. The Bertz CT molecular complexity index is 1090. The standard InChI is InChI=1S/C22H23N3O7S/c1-12(26)29-11-18-20(30-13(2)27)19(24-25-23)21(31-14(3)28)22(32-18)33-17-9-8-15-6-4-5-7-16(15)10-17/h4-10,18-22H,11H2,1-3H3/t18?,19?,20-,21-,22+/m0/s1. The average molecular weight is 474 g/mol. The van der Waals surface area contributed by atoms with E-state index in [4.69, 9.17) is 24.5 Å². The highest BCUT2D eigenvalue weighted by molar-refractivity contribution is 7.99. The highest BCUT2D eigenvalue weighted by Gasteiger charge is 2.50. The summed E-state index contributed by atoms with van der Waals surface area (Å²) in [6, 6.07) is 12.5. The lowest BCUT2D eigenvalue weighted by molar-refractivity contribution is -0.201. The number of hydrogen-bond donors (Lipinski definition) is 0. The number of carbonyl (C=O) groups excluding carboxylic acids is 3. The van der Waals surface area contributed by atoms with Crippen molar-refractivity contribution in [2.45, 2.75) is 55.5 Å². The van der Waals surface area contributed by atoms with E-state index >= 15 is 0 Å². The molecule has 10 nitrogen and oxygen atoms in total. The van der Waals surface area contributed by atoms with Crippen molar-refractivity contribution in [1.82, 2.24) is 0 Å². The second kappa shape index (κ2) is 11.0. The molecule has 0 aromatic heterocycles. The van der Waals surface area contributed by atoms with Crippen molar-refractivity contribution >= 4 is 40.4 Å². The maximum absolute atomic E-state index is 11.9. The minimum absolute atomic E-state index is 0.244. The number of nitrogens with zero attached hydrogens (tertiary/aromatic N) is 3. The third-order valence-electron chi connectivity index (χ3n) is 4.83. The topological polar surface area (TPSA) is 137 Å². The molecule has 2 aromatic carbocycles. The van der Waals surface area contributed by atoms with Gasteiger partial charge in [-0.1, -0.05) is 47.2 Å². The number of rotatable bonds is 7. The fourth-order valence-electron chi connectivity index (χ4n) is 3.54. The SMILES string of the molecule is CC(=O)OCC1O[C@H](Sc2ccc3ccccc3c2)[C@@H](OC(C)=O)C(N=[N+]=[N-])[C@H]1OC(C)=O. The number of ether oxygens (including phenoxy) is 4. The normalized spacial score (nSPS) is 24.4. The fraction of sp³-hybridized carbons (Fsp3) is 0.409. The lowest BCUT2D eigenvalue weighted by atomic mass is 9.97. The molecule has 33 heavy (non-hydrogen) atoms. The third-order valence-corrected chi connectivity index (χ3v) is 5.97. The van der Waals surface area contributed by atoms with Gasteiger partial charge in [0, 0.05) is 30.6 Å². The van der Waals surface area contributed by atoms with E-state index in [9.17, 15) is 14.4 Å². The summed E-state index contributed by atoms with van der Waals surface area (Å²) in [5.41, 5.74) is 8.33. The molecule has 0 N–H and O–H groups in total. The highest BCUT2D eigenvalue weighted by atomic mass is 32.2. The molecule has 11 heteroatoms. The van der Waals surface area contributed by atoms with Gasteiger partial charge in [0.15, 0.2) is 0 Å². The van der Waals surface area contributed by atoms with Crippen LogP contribution >= 0.6 is 11.8 Å². The molecule has 2 aromatic rings. The molecule has 174 valence electrons. The molecule has 0 saturated carbocycles. The van der Waals surface area contributed by atoms with Crippen molar-refractivity contribution < 1.29 is 33.3 Å². The minimum Gasteiger partial charge on any atom is -0.463 e. The monoisotopic (exact) mass is 473 g/mol. The summed E-state index contributed by atoms with van der Waals surface area (Å²) >= 11 is 1.25. The molecule has 2 unspecified atom stereocenters. The van der Waals surface area contributed by atoms with Gasteiger partial charge in [-0.3, -0.25) is 14.4 Å². The zero-order valence-corrected chi connectivity index (χ0v) is 19.1. The third kappa shape index (κ3) is 6.38. The van der Waals surface area contributed by atoms with Crippen LogP contribution in [0.2, 0.25) is 0 Å². The number of benzene rings is 2. The summed E-state index contributed by atoms with van der Waals surface area (Å²) in [6.45, 7) is 3.40. The summed E-state index contributed by atoms with van der Waals surface area (Å²) < 4.78 is 22.0. The van der Waals surface area contributed by atoms with Crippen LogP contribution in [0.1, 0.15) is 20.8 Å². The maximum Gasteiger partial charge on any atom is 0.303 e. The van der Waals surface area contributed by atoms with Gasteiger partial charge in [0.2, 0.25) is 0 Å². The van der Waals surface area contributed by atoms with Crippen LogP contribution < -0.4 is 0 Å². The van der Waals surface area contributed by atoms with Crippen LogP contribution in [0.5, 0.6) is 0 Å². The first-order chi connectivity index (χ1) is 15.8. The largest absolute Gasteiger partial charge is 0.463 e. The molecule has 3 rings (SSSR count). The van der Waals surface area contributed by atoms with Crippen molar-refractivity contribution in [3.8, 4) is 0 Å². The molecule has 0 spiro atoms. The smallest absolute Gasteiger partial charge is 0.303 e. The van der Waals surface area contributed by atoms with Gasteiger partial charge in [-0.05, 0) is 28.4 Å². The van der Waals surface area contributed by atoms with Gasteiger partial charge in [-0.15, -0.1) is 0 Å². The number of thioether (sulfide) groups is 1. The number of hydrogen-bond acceptors (Lipinski definition) is 9. The first-order valence-corrected chi connectivity index (χ1v) is 11.0. The predicted molar refractivity (Wildman–Crippen MR) is 119 cm³/mol. The summed E-state index contributed by atoms with van der Waals surface area (Å²) in [7, 11) is 0. The van der Waals surface area contributed by atoms with Gasteiger partial charge in [-0.25, -0.2) is 0 Å². The van der Waals surface area contributed by atoms with Crippen LogP contribution in [0.15, 0.2) is 52.5 Å². The fourth-order valence-corrected chi connectivity index (χ4v) is 4.70. The molecule has 5 atom stereocenters. The molecular weight excluding hydrogens is 450 g/mol. The van der Waals surface area contributed by atoms with E-state index in [0.717, 1.165) is 15.7 Å². The van der Waals surface area contributed by atoms with Crippen LogP contribution in [0.25, 0.3) is 21.2 Å². The summed E-state index contributed by atoms with van der Waals surface area (Å²) in [5, 5.41) is 5.82. The Kier molecular flexibility index (Phi) is 8.16. The van der Waals surface area contributed by atoms with Gasteiger partial charge in [0.1, 0.15) is 36.4 Å². The number of esters is 3. The van der Waals surface area contributed by atoms with Crippen LogP contribution in [0.3, 0.4) is 0 Å². The minimum atomic E-state index is -1.13. The molecule has 1 fully saturated rings. The van der Waals surface area contributed by atoms with Crippen molar-refractivity contribution in [3.05, 3.63) is 52.9 Å².